The highest BCUT2D eigenvalue weighted by molar-refractivity contribution is 5.87. The standard InChI is InChI=1S/C31H40N6O3/c1-2-29(38)37-19-24(20-37)35-11-6-22(7-12-35)23-3-4-26-27(17-23)34-30-25(18-33-26)28(5-10-32-30)36-13-16-40-31(21-36)8-14-39-15-9-31/h2-5,10,17,22,24,33H,1,6-9,11-16,18-21H2,(H,32,34). The van der Waals surface area contributed by atoms with Crippen molar-refractivity contribution in [3.63, 3.8) is 0 Å². The summed E-state index contributed by atoms with van der Waals surface area (Å²) in [6.07, 6.45) is 7.54. The summed E-state index contributed by atoms with van der Waals surface area (Å²) in [5, 5.41) is 7.38. The molecule has 1 amide bonds. The summed E-state index contributed by atoms with van der Waals surface area (Å²) >= 11 is 0. The van der Waals surface area contributed by atoms with Crippen molar-refractivity contribution in [2.24, 2.45) is 0 Å². The van der Waals surface area contributed by atoms with Crippen molar-refractivity contribution in [3.05, 3.63) is 54.2 Å². The number of piperidine rings is 1. The normalized spacial score (nSPS) is 23.3. The number of pyridine rings is 1. The number of carbonyl (C=O) groups excluding carboxylic acids is 1. The van der Waals surface area contributed by atoms with Crippen LogP contribution in [0.1, 0.15) is 42.7 Å². The van der Waals surface area contributed by atoms with Crippen LogP contribution in [0.2, 0.25) is 0 Å². The third kappa shape index (κ3) is 4.84. The minimum Gasteiger partial charge on any atom is -0.381 e. The molecule has 0 unspecified atom stereocenters. The largest absolute Gasteiger partial charge is 0.381 e. The number of hydrogen-bond donors (Lipinski definition) is 2. The summed E-state index contributed by atoms with van der Waals surface area (Å²) < 4.78 is 11.9. The van der Waals surface area contributed by atoms with Crippen LogP contribution in [0.4, 0.5) is 22.9 Å². The van der Waals surface area contributed by atoms with Crippen LogP contribution in [0.3, 0.4) is 0 Å². The number of likely N-dealkylation sites (tertiary alicyclic amines) is 2. The molecule has 6 heterocycles. The van der Waals surface area contributed by atoms with E-state index < -0.39 is 0 Å². The lowest BCUT2D eigenvalue weighted by molar-refractivity contribution is -0.133. The van der Waals surface area contributed by atoms with E-state index in [0.29, 0.717) is 12.0 Å². The molecule has 212 valence electrons. The van der Waals surface area contributed by atoms with Gasteiger partial charge >= 0.3 is 0 Å². The molecule has 5 aliphatic heterocycles. The highest BCUT2D eigenvalue weighted by atomic mass is 16.5. The second-order valence-electron chi connectivity index (χ2n) is 11.9. The SMILES string of the molecule is C=CC(=O)N1CC(N2CCC(c3ccc4c(c3)Nc3nccc(N5CCOC6(CCOCC6)C5)c3CN4)CC2)C1. The number of amides is 1. The first-order valence-electron chi connectivity index (χ1n) is 14.9. The average molecular weight is 545 g/mol. The Morgan fingerprint density at radius 2 is 1.90 bits per heavy atom. The Hall–Kier alpha value is -3.14. The van der Waals surface area contributed by atoms with Crippen LogP contribution in [-0.2, 0) is 20.8 Å². The molecule has 9 nitrogen and oxygen atoms in total. The maximum atomic E-state index is 11.8. The molecule has 0 bridgehead atoms. The molecule has 4 saturated heterocycles. The van der Waals surface area contributed by atoms with Gasteiger partial charge in [0.2, 0.25) is 5.91 Å². The summed E-state index contributed by atoms with van der Waals surface area (Å²) in [6, 6.07) is 9.50. The molecule has 1 aromatic heterocycles. The fourth-order valence-corrected chi connectivity index (χ4v) is 7.13. The molecule has 5 aliphatic rings. The molecular formula is C31H40N6O3. The maximum Gasteiger partial charge on any atom is 0.246 e. The number of nitrogens with one attached hydrogen (secondary N) is 2. The predicted molar refractivity (Wildman–Crippen MR) is 156 cm³/mol. The van der Waals surface area contributed by atoms with E-state index >= 15 is 0 Å². The Labute approximate surface area is 236 Å². The highest BCUT2D eigenvalue weighted by Crippen LogP contribution is 2.40. The summed E-state index contributed by atoms with van der Waals surface area (Å²) in [4.78, 5) is 23.5. The average Bonchev–Trinajstić information content (AvgIpc) is 3.16. The molecule has 0 atom stereocenters. The molecule has 9 heteroatoms. The molecule has 2 N–H and O–H groups in total. The molecule has 0 saturated carbocycles. The molecule has 7 rings (SSSR count). The van der Waals surface area contributed by atoms with Crippen molar-refractivity contribution in [2.45, 2.75) is 49.8 Å². The monoisotopic (exact) mass is 544 g/mol. The lowest BCUT2D eigenvalue weighted by atomic mass is 9.87. The van der Waals surface area contributed by atoms with Crippen LogP contribution in [0.15, 0.2) is 43.1 Å². The van der Waals surface area contributed by atoms with Gasteiger partial charge in [0, 0.05) is 82.3 Å². The zero-order valence-electron chi connectivity index (χ0n) is 23.2. The summed E-state index contributed by atoms with van der Waals surface area (Å²) in [7, 11) is 0. The van der Waals surface area contributed by atoms with Crippen molar-refractivity contribution in [3.8, 4) is 0 Å². The van der Waals surface area contributed by atoms with Crippen LogP contribution < -0.4 is 15.5 Å². The first-order chi connectivity index (χ1) is 19.6. The Balaban J connectivity index is 1.03. The van der Waals surface area contributed by atoms with Crippen LogP contribution in [0.5, 0.6) is 0 Å². The Kier molecular flexibility index (Phi) is 6.89. The fraction of sp³-hybridized carbons (Fsp3) is 0.548. The van der Waals surface area contributed by atoms with E-state index in [-0.39, 0.29) is 11.5 Å². The van der Waals surface area contributed by atoms with E-state index in [0.717, 1.165) is 109 Å². The van der Waals surface area contributed by atoms with Gasteiger partial charge in [0.25, 0.3) is 0 Å². The van der Waals surface area contributed by atoms with Crippen molar-refractivity contribution < 1.29 is 14.3 Å². The number of anilines is 4. The topological polar surface area (TPSA) is 82.2 Å². The predicted octanol–water partition coefficient (Wildman–Crippen LogP) is 3.71. The number of carbonyl (C=O) groups is 1. The van der Waals surface area contributed by atoms with Crippen LogP contribution in [0, 0.1) is 0 Å². The third-order valence-electron chi connectivity index (χ3n) is 9.64. The fourth-order valence-electron chi connectivity index (χ4n) is 7.13. The summed E-state index contributed by atoms with van der Waals surface area (Å²) in [5.74, 6) is 1.53. The molecule has 1 aromatic carbocycles. The number of nitrogens with zero attached hydrogens (tertiary/aromatic N) is 4. The Bertz CT molecular complexity index is 1260. The van der Waals surface area contributed by atoms with Gasteiger partial charge in [-0.05, 0) is 61.7 Å². The van der Waals surface area contributed by atoms with Gasteiger partial charge < -0.3 is 29.9 Å². The molecule has 1 spiro atoms. The quantitative estimate of drug-likeness (QED) is 0.564. The van der Waals surface area contributed by atoms with Crippen molar-refractivity contribution >= 4 is 28.8 Å². The zero-order valence-corrected chi connectivity index (χ0v) is 23.2. The van der Waals surface area contributed by atoms with Crippen LogP contribution >= 0.6 is 0 Å². The minimum atomic E-state index is -0.104. The number of aromatic nitrogens is 1. The number of ether oxygens (including phenoxy) is 2. The van der Waals surface area contributed by atoms with Crippen LogP contribution in [0.25, 0.3) is 0 Å². The number of hydrogen-bond acceptors (Lipinski definition) is 8. The lowest BCUT2D eigenvalue weighted by Crippen LogP contribution is -2.61. The van der Waals surface area contributed by atoms with Crippen molar-refractivity contribution in [1.29, 1.82) is 0 Å². The van der Waals surface area contributed by atoms with Crippen molar-refractivity contribution in [2.75, 3.05) is 74.6 Å². The first kappa shape index (κ1) is 25.8. The van der Waals surface area contributed by atoms with E-state index in [1.54, 1.807) is 0 Å². The summed E-state index contributed by atoms with van der Waals surface area (Å²) in [6.45, 7) is 12.2. The highest BCUT2D eigenvalue weighted by Gasteiger charge is 2.39. The van der Waals surface area contributed by atoms with Gasteiger partial charge in [-0.2, -0.15) is 0 Å². The van der Waals surface area contributed by atoms with Crippen molar-refractivity contribution in [1.82, 2.24) is 14.8 Å². The second-order valence-corrected chi connectivity index (χ2v) is 11.9. The zero-order chi connectivity index (χ0) is 27.1. The molecule has 0 aliphatic carbocycles. The van der Waals surface area contributed by atoms with Gasteiger partial charge in [-0.25, -0.2) is 4.98 Å². The van der Waals surface area contributed by atoms with E-state index in [2.05, 4.69) is 51.3 Å². The smallest absolute Gasteiger partial charge is 0.246 e. The van der Waals surface area contributed by atoms with E-state index in [4.69, 9.17) is 14.5 Å². The van der Waals surface area contributed by atoms with Gasteiger partial charge in [-0.3, -0.25) is 9.69 Å². The van der Waals surface area contributed by atoms with Gasteiger partial charge in [0.15, 0.2) is 0 Å². The van der Waals surface area contributed by atoms with Crippen LogP contribution in [-0.4, -0.2) is 91.4 Å². The third-order valence-corrected chi connectivity index (χ3v) is 9.64. The maximum absolute atomic E-state index is 11.8. The number of fused-ring (bicyclic) bond motifs is 2. The number of morpholine rings is 1. The van der Waals surface area contributed by atoms with Gasteiger partial charge in [-0.15, -0.1) is 0 Å². The van der Waals surface area contributed by atoms with E-state index in [1.165, 1.54) is 22.9 Å². The van der Waals surface area contributed by atoms with Gasteiger partial charge in [-0.1, -0.05) is 12.6 Å². The molecular weight excluding hydrogens is 504 g/mol. The lowest BCUT2D eigenvalue weighted by Gasteiger charge is -2.47. The first-order valence-corrected chi connectivity index (χ1v) is 14.9. The number of benzene rings is 1. The molecule has 4 fully saturated rings. The minimum absolute atomic E-state index is 0.0496. The van der Waals surface area contributed by atoms with E-state index in [9.17, 15) is 4.79 Å². The molecule has 40 heavy (non-hydrogen) atoms. The Morgan fingerprint density at radius 1 is 1.07 bits per heavy atom. The summed E-state index contributed by atoms with van der Waals surface area (Å²) in [5.41, 5.74) is 5.95. The molecule has 0 radical (unpaired) electrons. The second kappa shape index (κ2) is 10.7. The molecule has 2 aromatic rings. The van der Waals surface area contributed by atoms with Gasteiger partial charge in [0.1, 0.15) is 5.82 Å². The van der Waals surface area contributed by atoms with E-state index in [1.807, 2.05) is 11.1 Å². The Morgan fingerprint density at radius 3 is 2.70 bits per heavy atom. The number of rotatable bonds is 4. The van der Waals surface area contributed by atoms with Gasteiger partial charge in [0.05, 0.1) is 23.6 Å².